The van der Waals surface area contributed by atoms with Crippen molar-refractivity contribution in [3.8, 4) is 11.1 Å². The van der Waals surface area contributed by atoms with Crippen LogP contribution in [-0.2, 0) is 20.4 Å². The lowest BCUT2D eigenvalue weighted by molar-refractivity contribution is -0.0229. The molecule has 1 aliphatic heterocycles. The Balaban J connectivity index is 1.69. The van der Waals surface area contributed by atoms with E-state index in [9.17, 15) is 9.59 Å². The number of hydrogen-bond acceptors (Lipinski definition) is 4. The normalized spacial score (nSPS) is 17.8. The lowest BCUT2D eigenvalue weighted by atomic mass is 9.79. The van der Waals surface area contributed by atoms with Gasteiger partial charge in [0.25, 0.3) is 0 Å². The standard InChI is InChI=1S/C28H36N2O4/c1-25(2,3)33-23(31)29-28(16-30(17-28)24(32)34-26(4,5)6)18-13-14-22-20(15-18)19-11-9-10-12-21(19)27(22,7)8/h9-15H,16-17H2,1-8H3,(H,29,31). The molecule has 182 valence electrons. The zero-order valence-electron chi connectivity index (χ0n) is 21.5. The molecule has 6 heteroatoms. The zero-order chi connectivity index (χ0) is 25.1. The zero-order valence-corrected chi connectivity index (χ0v) is 21.5. The van der Waals surface area contributed by atoms with E-state index in [4.69, 9.17) is 9.47 Å². The van der Waals surface area contributed by atoms with Gasteiger partial charge in [0, 0.05) is 5.41 Å². The first kappa shape index (κ1) is 24.1. The van der Waals surface area contributed by atoms with E-state index >= 15 is 0 Å². The van der Waals surface area contributed by atoms with Crippen LogP contribution in [0.5, 0.6) is 0 Å². The van der Waals surface area contributed by atoms with E-state index in [-0.39, 0.29) is 11.5 Å². The first-order valence-electron chi connectivity index (χ1n) is 11.9. The third kappa shape index (κ3) is 4.38. The molecule has 0 saturated carbocycles. The van der Waals surface area contributed by atoms with Gasteiger partial charge in [0.05, 0.1) is 13.1 Å². The minimum absolute atomic E-state index is 0.0988. The molecule has 0 aromatic heterocycles. The van der Waals surface area contributed by atoms with Crippen molar-refractivity contribution in [1.29, 1.82) is 0 Å². The number of carbonyl (C=O) groups excluding carboxylic acids is 2. The Morgan fingerprint density at radius 3 is 2.06 bits per heavy atom. The molecule has 1 heterocycles. The molecule has 34 heavy (non-hydrogen) atoms. The van der Waals surface area contributed by atoms with Gasteiger partial charge in [-0.1, -0.05) is 50.2 Å². The van der Waals surface area contributed by atoms with E-state index in [2.05, 4.69) is 61.6 Å². The Morgan fingerprint density at radius 2 is 1.44 bits per heavy atom. The van der Waals surface area contributed by atoms with Gasteiger partial charge in [0.1, 0.15) is 16.7 Å². The quantitative estimate of drug-likeness (QED) is 0.595. The van der Waals surface area contributed by atoms with Crippen molar-refractivity contribution in [1.82, 2.24) is 10.2 Å². The predicted octanol–water partition coefficient (Wildman–Crippen LogP) is 5.96. The number of alkyl carbamates (subject to hydrolysis) is 1. The van der Waals surface area contributed by atoms with Crippen LogP contribution in [0.1, 0.15) is 72.1 Å². The van der Waals surface area contributed by atoms with Crippen LogP contribution in [0.15, 0.2) is 42.5 Å². The summed E-state index contributed by atoms with van der Waals surface area (Å²) in [4.78, 5) is 27.1. The summed E-state index contributed by atoms with van der Waals surface area (Å²) in [6.45, 7) is 16.1. The predicted molar refractivity (Wildman–Crippen MR) is 133 cm³/mol. The van der Waals surface area contributed by atoms with Crippen LogP contribution in [0.3, 0.4) is 0 Å². The summed E-state index contributed by atoms with van der Waals surface area (Å²) < 4.78 is 11.1. The molecule has 1 N–H and O–H groups in total. The highest BCUT2D eigenvalue weighted by molar-refractivity contribution is 5.82. The fourth-order valence-electron chi connectivity index (χ4n) is 4.91. The summed E-state index contributed by atoms with van der Waals surface area (Å²) in [7, 11) is 0. The molecule has 0 radical (unpaired) electrons. The number of likely N-dealkylation sites (tertiary alicyclic amines) is 1. The summed E-state index contributed by atoms with van der Waals surface area (Å²) in [5.41, 5.74) is 3.81. The van der Waals surface area contributed by atoms with Crippen molar-refractivity contribution >= 4 is 12.2 Å². The number of fused-ring (bicyclic) bond motifs is 3. The molecule has 0 unspecified atom stereocenters. The van der Waals surface area contributed by atoms with Gasteiger partial charge in [-0.15, -0.1) is 0 Å². The molecule has 4 rings (SSSR count). The molecular weight excluding hydrogens is 428 g/mol. The highest BCUT2D eigenvalue weighted by Crippen LogP contribution is 2.49. The number of ether oxygens (including phenoxy) is 2. The molecule has 0 spiro atoms. The maximum Gasteiger partial charge on any atom is 0.410 e. The number of benzene rings is 2. The maximum atomic E-state index is 12.8. The Hall–Kier alpha value is -3.02. The van der Waals surface area contributed by atoms with Crippen LogP contribution >= 0.6 is 0 Å². The van der Waals surface area contributed by atoms with Crippen molar-refractivity contribution in [2.45, 2.75) is 77.5 Å². The summed E-state index contributed by atoms with van der Waals surface area (Å²) in [5.74, 6) is 0. The van der Waals surface area contributed by atoms with E-state index in [0.717, 1.165) is 5.56 Å². The second-order valence-corrected chi connectivity index (χ2v) is 12.0. The topological polar surface area (TPSA) is 67.9 Å². The Kier molecular flexibility index (Phi) is 5.50. The van der Waals surface area contributed by atoms with E-state index < -0.39 is 22.8 Å². The number of carbonyl (C=O) groups is 2. The fourth-order valence-corrected chi connectivity index (χ4v) is 4.91. The minimum Gasteiger partial charge on any atom is -0.444 e. The lowest BCUT2D eigenvalue weighted by Crippen LogP contribution is -2.69. The van der Waals surface area contributed by atoms with Crippen molar-refractivity contribution in [2.75, 3.05) is 13.1 Å². The highest BCUT2D eigenvalue weighted by atomic mass is 16.6. The van der Waals surface area contributed by atoms with Gasteiger partial charge in [-0.25, -0.2) is 9.59 Å². The number of hydrogen-bond donors (Lipinski definition) is 1. The molecule has 2 aliphatic rings. The molecule has 0 bridgehead atoms. The van der Waals surface area contributed by atoms with Crippen LogP contribution in [0.2, 0.25) is 0 Å². The largest absolute Gasteiger partial charge is 0.444 e. The Bertz CT molecular complexity index is 1130. The smallest absolute Gasteiger partial charge is 0.410 e. The van der Waals surface area contributed by atoms with E-state index in [1.807, 2.05) is 41.5 Å². The number of nitrogens with one attached hydrogen (secondary N) is 1. The first-order valence-corrected chi connectivity index (χ1v) is 11.9. The molecule has 2 aromatic rings. The van der Waals surface area contributed by atoms with Crippen molar-refractivity contribution in [3.05, 3.63) is 59.2 Å². The van der Waals surface area contributed by atoms with Gasteiger partial charge in [-0.2, -0.15) is 0 Å². The molecule has 1 saturated heterocycles. The Morgan fingerprint density at radius 1 is 0.853 bits per heavy atom. The third-order valence-corrected chi connectivity index (χ3v) is 6.45. The summed E-state index contributed by atoms with van der Waals surface area (Å²) >= 11 is 0. The molecule has 2 amide bonds. The molecular formula is C28H36N2O4. The van der Waals surface area contributed by atoms with E-state index in [0.29, 0.717) is 13.1 Å². The summed E-state index contributed by atoms with van der Waals surface area (Å²) in [6.07, 6.45) is -0.890. The molecule has 2 aromatic carbocycles. The number of nitrogens with zero attached hydrogens (tertiary/aromatic N) is 1. The summed E-state index contributed by atoms with van der Waals surface area (Å²) in [5, 5.41) is 3.08. The van der Waals surface area contributed by atoms with Gasteiger partial charge in [0.2, 0.25) is 0 Å². The van der Waals surface area contributed by atoms with E-state index in [1.54, 1.807) is 4.90 Å². The summed E-state index contributed by atoms with van der Waals surface area (Å²) in [6, 6.07) is 14.8. The van der Waals surface area contributed by atoms with Crippen molar-refractivity contribution in [3.63, 3.8) is 0 Å². The number of amides is 2. The molecule has 6 nitrogen and oxygen atoms in total. The van der Waals surface area contributed by atoms with Crippen LogP contribution in [0.4, 0.5) is 9.59 Å². The average molecular weight is 465 g/mol. The fraction of sp³-hybridized carbons (Fsp3) is 0.500. The van der Waals surface area contributed by atoms with E-state index in [1.165, 1.54) is 22.3 Å². The minimum atomic E-state index is -0.754. The van der Waals surface area contributed by atoms with Gasteiger partial charge < -0.3 is 19.7 Å². The van der Waals surface area contributed by atoms with Crippen LogP contribution in [0.25, 0.3) is 11.1 Å². The highest BCUT2D eigenvalue weighted by Gasteiger charge is 2.50. The monoisotopic (exact) mass is 464 g/mol. The van der Waals surface area contributed by atoms with Crippen LogP contribution in [0, 0.1) is 0 Å². The van der Waals surface area contributed by atoms with Gasteiger partial charge >= 0.3 is 12.2 Å². The van der Waals surface area contributed by atoms with Crippen molar-refractivity contribution < 1.29 is 19.1 Å². The first-order chi connectivity index (χ1) is 15.6. The molecule has 1 fully saturated rings. The number of rotatable bonds is 2. The lowest BCUT2D eigenvalue weighted by Gasteiger charge is -2.50. The third-order valence-electron chi connectivity index (χ3n) is 6.45. The second-order valence-electron chi connectivity index (χ2n) is 12.0. The van der Waals surface area contributed by atoms with Gasteiger partial charge in [-0.3, -0.25) is 0 Å². The molecule has 0 atom stereocenters. The average Bonchev–Trinajstić information content (AvgIpc) is 2.89. The second kappa shape index (κ2) is 7.76. The van der Waals surface area contributed by atoms with Crippen LogP contribution in [-0.4, -0.2) is 41.4 Å². The SMILES string of the molecule is CC(C)(C)OC(=O)NC1(c2ccc3c(c2)-c2ccccc2C3(C)C)CN(C(=O)OC(C)(C)C)C1. The van der Waals surface area contributed by atoms with Gasteiger partial charge in [-0.05, 0) is 75.4 Å². The Labute approximate surface area is 202 Å². The van der Waals surface area contributed by atoms with Gasteiger partial charge in [0.15, 0.2) is 0 Å². The maximum absolute atomic E-state index is 12.8. The van der Waals surface area contributed by atoms with Crippen LogP contribution < -0.4 is 5.32 Å². The van der Waals surface area contributed by atoms with Crippen molar-refractivity contribution in [2.24, 2.45) is 0 Å². The molecule has 1 aliphatic carbocycles.